The SMILES string of the molecule is O[C@H](C[C@H](Nc1ccccc1)c1ccccc1)C(F)(F)F. The average Bonchev–Trinajstić information content (AvgIpc) is 2.47. The van der Waals surface area contributed by atoms with Gasteiger partial charge in [0.05, 0.1) is 6.04 Å². The zero-order valence-corrected chi connectivity index (χ0v) is 11.2. The van der Waals surface area contributed by atoms with E-state index >= 15 is 0 Å². The second-order valence-electron chi connectivity index (χ2n) is 4.77. The van der Waals surface area contributed by atoms with Crippen LogP contribution < -0.4 is 5.32 Å². The third kappa shape index (κ3) is 4.49. The number of hydrogen-bond acceptors (Lipinski definition) is 2. The number of rotatable bonds is 5. The molecule has 112 valence electrons. The van der Waals surface area contributed by atoms with E-state index in [9.17, 15) is 18.3 Å². The highest BCUT2D eigenvalue weighted by molar-refractivity contribution is 5.45. The normalized spacial score (nSPS) is 14.5. The van der Waals surface area contributed by atoms with Gasteiger partial charge in [0.25, 0.3) is 0 Å². The fourth-order valence-electron chi connectivity index (χ4n) is 2.06. The highest BCUT2D eigenvalue weighted by Crippen LogP contribution is 2.30. The zero-order valence-electron chi connectivity index (χ0n) is 11.2. The van der Waals surface area contributed by atoms with Gasteiger partial charge in [-0.15, -0.1) is 0 Å². The van der Waals surface area contributed by atoms with Gasteiger partial charge in [-0.25, -0.2) is 0 Å². The molecule has 0 aliphatic carbocycles. The summed E-state index contributed by atoms with van der Waals surface area (Å²) in [6.07, 6.45) is -7.42. The van der Waals surface area contributed by atoms with Crippen molar-refractivity contribution in [1.82, 2.24) is 0 Å². The molecule has 0 aliphatic rings. The lowest BCUT2D eigenvalue weighted by Crippen LogP contribution is -2.31. The van der Waals surface area contributed by atoms with E-state index < -0.39 is 24.7 Å². The van der Waals surface area contributed by atoms with Gasteiger partial charge in [0.15, 0.2) is 6.10 Å². The van der Waals surface area contributed by atoms with Gasteiger partial charge in [-0.05, 0) is 17.7 Å². The Morgan fingerprint density at radius 1 is 0.905 bits per heavy atom. The Morgan fingerprint density at radius 2 is 1.43 bits per heavy atom. The van der Waals surface area contributed by atoms with Gasteiger partial charge in [-0.1, -0.05) is 48.5 Å². The summed E-state index contributed by atoms with van der Waals surface area (Å²) in [7, 11) is 0. The van der Waals surface area contributed by atoms with Crippen molar-refractivity contribution in [3.63, 3.8) is 0 Å². The minimum absolute atomic E-state index is 0.442. The number of halogens is 3. The number of alkyl halides is 3. The van der Waals surface area contributed by atoms with Crippen LogP contribution in [0.25, 0.3) is 0 Å². The molecule has 5 heteroatoms. The van der Waals surface area contributed by atoms with Crippen molar-refractivity contribution < 1.29 is 18.3 Å². The molecule has 0 saturated heterocycles. The number of benzene rings is 2. The van der Waals surface area contributed by atoms with Crippen LogP contribution in [0.4, 0.5) is 18.9 Å². The molecule has 2 aromatic rings. The number of anilines is 1. The van der Waals surface area contributed by atoms with Gasteiger partial charge in [0, 0.05) is 12.1 Å². The minimum Gasteiger partial charge on any atom is -0.384 e. The summed E-state index contributed by atoms with van der Waals surface area (Å²) in [5.74, 6) is 0. The highest BCUT2D eigenvalue weighted by atomic mass is 19.4. The summed E-state index contributed by atoms with van der Waals surface area (Å²) in [5.41, 5.74) is 1.41. The average molecular weight is 295 g/mol. The maximum atomic E-state index is 12.6. The molecular formula is C16H16F3NO. The van der Waals surface area contributed by atoms with Crippen molar-refractivity contribution in [2.24, 2.45) is 0 Å². The van der Waals surface area contributed by atoms with Crippen molar-refractivity contribution >= 4 is 5.69 Å². The van der Waals surface area contributed by atoms with Crippen LogP contribution in [0.3, 0.4) is 0 Å². The lowest BCUT2D eigenvalue weighted by molar-refractivity contribution is -0.206. The topological polar surface area (TPSA) is 32.3 Å². The second-order valence-corrected chi connectivity index (χ2v) is 4.77. The molecule has 0 fully saturated rings. The van der Waals surface area contributed by atoms with Crippen molar-refractivity contribution in [2.75, 3.05) is 5.32 Å². The van der Waals surface area contributed by atoms with Crippen LogP contribution in [0.15, 0.2) is 60.7 Å². The Kier molecular flexibility index (Phi) is 4.85. The van der Waals surface area contributed by atoms with Gasteiger partial charge in [-0.2, -0.15) is 13.2 Å². The van der Waals surface area contributed by atoms with E-state index in [1.54, 1.807) is 54.6 Å². The molecule has 0 unspecified atom stereocenters. The molecule has 0 spiro atoms. The molecular weight excluding hydrogens is 279 g/mol. The summed E-state index contributed by atoms with van der Waals surface area (Å²) < 4.78 is 37.8. The molecule has 0 aliphatic heterocycles. The summed E-state index contributed by atoms with van der Waals surface area (Å²) in [6.45, 7) is 0. The van der Waals surface area contributed by atoms with E-state index in [0.717, 1.165) is 0 Å². The number of aliphatic hydroxyl groups is 1. The van der Waals surface area contributed by atoms with Crippen LogP contribution in [0, 0.1) is 0 Å². The molecule has 2 nitrogen and oxygen atoms in total. The second kappa shape index (κ2) is 6.63. The fraction of sp³-hybridized carbons (Fsp3) is 0.250. The van der Waals surface area contributed by atoms with Crippen LogP contribution in [0.2, 0.25) is 0 Å². The summed E-state index contributed by atoms with van der Waals surface area (Å²) in [5, 5.41) is 12.4. The first kappa shape index (κ1) is 15.4. The van der Waals surface area contributed by atoms with Gasteiger partial charge in [0.1, 0.15) is 0 Å². The maximum absolute atomic E-state index is 12.6. The molecule has 0 saturated carbocycles. The predicted octanol–water partition coefficient (Wildman–Crippen LogP) is 4.15. The minimum atomic E-state index is -4.62. The monoisotopic (exact) mass is 295 g/mol. The smallest absolute Gasteiger partial charge is 0.384 e. The van der Waals surface area contributed by atoms with E-state index in [4.69, 9.17) is 0 Å². The molecule has 21 heavy (non-hydrogen) atoms. The number of nitrogens with one attached hydrogen (secondary N) is 1. The molecule has 0 radical (unpaired) electrons. The predicted molar refractivity (Wildman–Crippen MR) is 75.9 cm³/mol. The Bertz CT molecular complexity index is 542. The molecule has 2 aromatic carbocycles. The fourth-order valence-corrected chi connectivity index (χ4v) is 2.06. The van der Waals surface area contributed by atoms with E-state index in [-0.39, 0.29) is 0 Å². The molecule has 0 heterocycles. The number of para-hydroxylation sites is 1. The van der Waals surface area contributed by atoms with E-state index in [1.807, 2.05) is 6.07 Å². The van der Waals surface area contributed by atoms with E-state index in [1.165, 1.54) is 0 Å². The first-order valence-electron chi connectivity index (χ1n) is 6.58. The summed E-state index contributed by atoms with van der Waals surface area (Å²) in [4.78, 5) is 0. The molecule has 0 bridgehead atoms. The van der Waals surface area contributed by atoms with Crippen LogP contribution in [-0.2, 0) is 0 Å². The molecule has 0 aromatic heterocycles. The first-order chi connectivity index (χ1) is 9.97. The Hall–Kier alpha value is -2.01. The van der Waals surface area contributed by atoms with Crippen molar-refractivity contribution in [3.05, 3.63) is 66.2 Å². The summed E-state index contributed by atoms with van der Waals surface area (Å²) >= 11 is 0. The Morgan fingerprint density at radius 3 is 1.95 bits per heavy atom. The Labute approximate surface area is 121 Å². The summed E-state index contributed by atoms with van der Waals surface area (Å²) in [6, 6.07) is 17.1. The van der Waals surface area contributed by atoms with Gasteiger partial charge in [-0.3, -0.25) is 0 Å². The van der Waals surface area contributed by atoms with Gasteiger partial charge in [0.2, 0.25) is 0 Å². The molecule has 2 rings (SSSR count). The third-order valence-corrected chi connectivity index (χ3v) is 3.15. The van der Waals surface area contributed by atoms with Crippen LogP contribution in [0.1, 0.15) is 18.0 Å². The third-order valence-electron chi connectivity index (χ3n) is 3.15. The zero-order chi connectivity index (χ0) is 15.3. The van der Waals surface area contributed by atoms with Crippen LogP contribution in [0.5, 0.6) is 0 Å². The largest absolute Gasteiger partial charge is 0.414 e. The van der Waals surface area contributed by atoms with Crippen molar-refractivity contribution in [2.45, 2.75) is 24.7 Å². The lowest BCUT2D eigenvalue weighted by Gasteiger charge is -2.24. The van der Waals surface area contributed by atoms with Gasteiger partial charge < -0.3 is 10.4 Å². The van der Waals surface area contributed by atoms with Crippen molar-refractivity contribution in [3.8, 4) is 0 Å². The number of hydrogen-bond donors (Lipinski definition) is 2. The lowest BCUT2D eigenvalue weighted by atomic mass is 10.00. The quantitative estimate of drug-likeness (QED) is 0.868. The van der Waals surface area contributed by atoms with Crippen LogP contribution >= 0.6 is 0 Å². The van der Waals surface area contributed by atoms with Gasteiger partial charge >= 0.3 is 6.18 Å². The van der Waals surface area contributed by atoms with Crippen molar-refractivity contribution in [1.29, 1.82) is 0 Å². The maximum Gasteiger partial charge on any atom is 0.414 e. The first-order valence-corrected chi connectivity index (χ1v) is 6.58. The van der Waals surface area contributed by atoms with Crippen LogP contribution in [-0.4, -0.2) is 17.4 Å². The highest BCUT2D eigenvalue weighted by Gasteiger charge is 2.39. The number of aliphatic hydroxyl groups excluding tert-OH is 1. The Balaban J connectivity index is 2.19. The molecule has 2 atom stereocenters. The van der Waals surface area contributed by atoms with E-state index in [2.05, 4.69) is 5.32 Å². The molecule has 2 N–H and O–H groups in total. The molecule has 0 amide bonds. The van der Waals surface area contributed by atoms with E-state index in [0.29, 0.717) is 11.3 Å². The standard InChI is InChI=1S/C16H16F3NO/c17-16(18,19)15(21)11-14(12-7-3-1-4-8-12)20-13-9-5-2-6-10-13/h1-10,14-15,20-21H,11H2/t14-,15+/m0/s1.